The lowest BCUT2D eigenvalue weighted by molar-refractivity contribution is -0.121. The molecule has 0 aliphatic rings. The number of nitrogens with one attached hydrogen (secondary N) is 2. The van der Waals surface area contributed by atoms with Crippen LogP contribution >= 0.6 is 11.8 Å². The molecular weight excluding hydrogens is 372 g/mol. The van der Waals surface area contributed by atoms with Gasteiger partial charge in [0.2, 0.25) is 5.91 Å². The minimum atomic E-state index is -0.349. The number of benzene rings is 2. The van der Waals surface area contributed by atoms with E-state index in [1.807, 2.05) is 43.3 Å². The van der Waals surface area contributed by atoms with Gasteiger partial charge in [-0.1, -0.05) is 18.2 Å². The Kier molecular flexibility index (Phi) is 6.71. The molecule has 2 amide bonds. The first kappa shape index (κ1) is 19.9. The summed E-state index contributed by atoms with van der Waals surface area (Å²) < 4.78 is 2.09. The third-order valence-electron chi connectivity index (χ3n) is 4.39. The quantitative estimate of drug-likeness (QED) is 0.363. The van der Waals surface area contributed by atoms with E-state index in [-0.39, 0.29) is 11.8 Å². The number of carbonyl (C=O) groups is 2. The molecule has 0 saturated carbocycles. The molecule has 0 aliphatic heterocycles. The van der Waals surface area contributed by atoms with E-state index < -0.39 is 0 Å². The van der Waals surface area contributed by atoms with Gasteiger partial charge in [0.25, 0.3) is 5.91 Å². The van der Waals surface area contributed by atoms with Crippen LogP contribution in [0.25, 0.3) is 11.0 Å². The lowest BCUT2D eigenvalue weighted by Crippen LogP contribution is -2.41. The van der Waals surface area contributed by atoms with Crippen molar-refractivity contribution in [3.05, 3.63) is 59.9 Å². The fourth-order valence-electron chi connectivity index (χ4n) is 2.99. The van der Waals surface area contributed by atoms with E-state index in [1.54, 1.807) is 23.9 Å². The van der Waals surface area contributed by atoms with Gasteiger partial charge >= 0.3 is 0 Å². The van der Waals surface area contributed by atoms with E-state index in [2.05, 4.69) is 27.3 Å². The monoisotopic (exact) mass is 396 g/mol. The van der Waals surface area contributed by atoms with Crippen LogP contribution in [0.15, 0.2) is 53.4 Å². The number of aromatic nitrogens is 2. The molecule has 0 fully saturated rings. The highest BCUT2D eigenvalue weighted by Gasteiger charge is 2.11. The summed E-state index contributed by atoms with van der Waals surface area (Å²) in [6, 6.07) is 15.4. The standard InChI is InChI=1S/C21H24N4O2S/c1-3-25-15(2)22-18-14-16(11-12-19(18)25)21(27)24-23-20(26)10-7-13-28-17-8-5-4-6-9-17/h4-6,8-9,11-12,14H,3,7,10,13H2,1-2H3,(H,23,26)(H,24,27). The number of hydrogen-bond donors (Lipinski definition) is 2. The molecule has 0 radical (unpaired) electrons. The van der Waals surface area contributed by atoms with E-state index in [0.29, 0.717) is 12.0 Å². The highest BCUT2D eigenvalue weighted by molar-refractivity contribution is 7.99. The van der Waals surface area contributed by atoms with Gasteiger partial charge in [-0.05, 0) is 56.4 Å². The highest BCUT2D eigenvalue weighted by atomic mass is 32.2. The summed E-state index contributed by atoms with van der Waals surface area (Å²) >= 11 is 1.71. The van der Waals surface area contributed by atoms with Crippen molar-refractivity contribution >= 4 is 34.6 Å². The van der Waals surface area contributed by atoms with Crippen LogP contribution < -0.4 is 10.9 Å². The van der Waals surface area contributed by atoms with E-state index >= 15 is 0 Å². The van der Waals surface area contributed by atoms with Gasteiger partial charge in [0.05, 0.1) is 11.0 Å². The van der Waals surface area contributed by atoms with E-state index in [0.717, 1.165) is 35.6 Å². The molecule has 3 rings (SSSR count). The van der Waals surface area contributed by atoms with Crippen molar-refractivity contribution < 1.29 is 9.59 Å². The third-order valence-corrected chi connectivity index (χ3v) is 5.49. The fraction of sp³-hybridized carbons (Fsp3) is 0.286. The van der Waals surface area contributed by atoms with Crippen LogP contribution in [0.4, 0.5) is 0 Å². The fourth-order valence-corrected chi connectivity index (χ4v) is 3.87. The smallest absolute Gasteiger partial charge is 0.269 e. The van der Waals surface area contributed by atoms with Gasteiger partial charge in [-0.25, -0.2) is 4.98 Å². The molecule has 1 aromatic heterocycles. The first-order valence-corrected chi connectivity index (χ1v) is 10.3. The maximum atomic E-state index is 12.3. The number of hydrogen-bond acceptors (Lipinski definition) is 4. The Morgan fingerprint density at radius 1 is 1.11 bits per heavy atom. The van der Waals surface area contributed by atoms with Crippen molar-refractivity contribution in [3.8, 4) is 0 Å². The zero-order chi connectivity index (χ0) is 19.9. The lowest BCUT2D eigenvalue weighted by atomic mass is 10.2. The molecule has 6 nitrogen and oxygen atoms in total. The maximum Gasteiger partial charge on any atom is 0.269 e. The average molecular weight is 397 g/mol. The Morgan fingerprint density at radius 3 is 2.64 bits per heavy atom. The van der Waals surface area contributed by atoms with Gasteiger partial charge in [0.15, 0.2) is 0 Å². The SMILES string of the molecule is CCn1c(C)nc2cc(C(=O)NNC(=O)CCCSc3ccccc3)ccc21. The number of nitrogens with zero attached hydrogens (tertiary/aromatic N) is 2. The number of aryl methyl sites for hydroxylation is 2. The Balaban J connectivity index is 1.45. The van der Waals surface area contributed by atoms with Crippen LogP contribution in [0.2, 0.25) is 0 Å². The minimum Gasteiger partial charge on any atom is -0.329 e. The zero-order valence-corrected chi connectivity index (χ0v) is 16.9. The second-order valence-electron chi connectivity index (χ2n) is 6.37. The average Bonchev–Trinajstić information content (AvgIpc) is 3.04. The Hall–Kier alpha value is -2.80. The first-order valence-electron chi connectivity index (χ1n) is 9.32. The number of thioether (sulfide) groups is 1. The van der Waals surface area contributed by atoms with E-state index in [1.165, 1.54) is 4.90 Å². The van der Waals surface area contributed by atoms with Crippen LogP contribution in [-0.4, -0.2) is 27.1 Å². The summed E-state index contributed by atoms with van der Waals surface area (Å²) in [4.78, 5) is 29.9. The predicted octanol–water partition coefficient (Wildman–Crippen LogP) is 3.70. The van der Waals surface area contributed by atoms with Crippen molar-refractivity contribution in [2.24, 2.45) is 0 Å². The first-order chi connectivity index (χ1) is 13.6. The topological polar surface area (TPSA) is 76.0 Å². The molecule has 0 bridgehead atoms. The lowest BCUT2D eigenvalue weighted by Gasteiger charge is -2.08. The Bertz CT molecular complexity index is 969. The summed E-state index contributed by atoms with van der Waals surface area (Å²) in [5.41, 5.74) is 7.20. The van der Waals surface area contributed by atoms with Gasteiger partial charge in [-0.3, -0.25) is 20.4 Å². The minimum absolute atomic E-state index is 0.200. The van der Waals surface area contributed by atoms with Crippen LogP contribution in [0.1, 0.15) is 35.9 Å². The van der Waals surface area contributed by atoms with Crippen LogP contribution in [0, 0.1) is 6.92 Å². The summed E-state index contributed by atoms with van der Waals surface area (Å²) in [6.45, 7) is 4.83. The van der Waals surface area contributed by atoms with Crippen molar-refractivity contribution in [1.29, 1.82) is 0 Å². The molecule has 2 N–H and O–H groups in total. The number of carbonyl (C=O) groups excluding carboxylic acids is 2. The van der Waals surface area contributed by atoms with E-state index in [9.17, 15) is 9.59 Å². The number of imidazole rings is 1. The molecule has 1 heterocycles. The molecule has 3 aromatic rings. The molecule has 0 atom stereocenters. The Morgan fingerprint density at radius 2 is 1.89 bits per heavy atom. The summed E-state index contributed by atoms with van der Waals surface area (Å²) in [5.74, 6) is 1.21. The van der Waals surface area contributed by atoms with Crippen LogP contribution in [0.5, 0.6) is 0 Å². The normalized spacial score (nSPS) is 10.8. The highest BCUT2D eigenvalue weighted by Crippen LogP contribution is 2.19. The van der Waals surface area contributed by atoms with Crippen molar-refractivity contribution in [3.63, 3.8) is 0 Å². The molecule has 28 heavy (non-hydrogen) atoms. The molecular formula is C21H24N4O2S. The number of amides is 2. The van der Waals surface area contributed by atoms with Crippen molar-refractivity contribution in [1.82, 2.24) is 20.4 Å². The summed E-state index contributed by atoms with van der Waals surface area (Å²) in [5, 5.41) is 0. The summed E-state index contributed by atoms with van der Waals surface area (Å²) in [6.07, 6.45) is 1.10. The van der Waals surface area contributed by atoms with Crippen molar-refractivity contribution in [2.45, 2.75) is 38.1 Å². The number of fused-ring (bicyclic) bond motifs is 1. The molecule has 0 unspecified atom stereocenters. The van der Waals surface area contributed by atoms with E-state index in [4.69, 9.17) is 0 Å². The second kappa shape index (κ2) is 9.41. The van der Waals surface area contributed by atoms with Gasteiger partial charge in [-0.15, -0.1) is 11.8 Å². The van der Waals surface area contributed by atoms with Gasteiger partial charge < -0.3 is 4.57 Å². The summed E-state index contributed by atoms with van der Waals surface area (Å²) in [7, 11) is 0. The molecule has 146 valence electrons. The second-order valence-corrected chi connectivity index (χ2v) is 7.54. The van der Waals surface area contributed by atoms with Crippen LogP contribution in [-0.2, 0) is 11.3 Å². The van der Waals surface area contributed by atoms with Crippen molar-refractivity contribution in [2.75, 3.05) is 5.75 Å². The molecule has 0 spiro atoms. The largest absolute Gasteiger partial charge is 0.329 e. The Labute approximate surface area is 168 Å². The van der Waals surface area contributed by atoms with Crippen LogP contribution in [0.3, 0.4) is 0 Å². The van der Waals surface area contributed by atoms with Gasteiger partial charge in [0, 0.05) is 23.4 Å². The third kappa shape index (κ3) is 4.92. The predicted molar refractivity (Wildman–Crippen MR) is 112 cm³/mol. The zero-order valence-electron chi connectivity index (χ0n) is 16.1. The molecule has 0 saturated heterocycles. The number of hydrazine groups is 1. The number of rotatable bonds is 7. The molecule has 7 heteroatoms. The van der Waals surface area contributed by atoms with Gasteiger partial charge in [-0.2, -0.15) is 0 Å². The van der Waals surface area contributed by atoms with Gasteiger partial charge in [0.1, 0.15) is 5.82 Å². The molecule has 2 aromatic carbocycles. The maximum absolute atomic E-state index is 12.3. The molecule has 0 aliphatic carbocycles.